The van der Waals surface area contributed by atoms with Crippen molar-refractivity contribution in [3.63, 3.8) is 0 Å². The Bertz CT molecular complexity index is 898. The average Bonchev–Trinajstić information content (AvgIpc) is 2.81. The van der Waals surface area contributed by atoms with Gasteiger partial charge in [-0.1, -0.05) is 34.5 Å². The smallest absolute Gasteiger partial charge is 0.260 e. The van der Waals surface area contributed by atoms with Crippen molar-refractivity contribution >= 4 is 55.8 Å². The molecule has 1 heterocycles. The zero-order chi connectivity index (χ0) is 15.9. The maximum atomic E-state index is 13.6. The number of amides is 1. The number of fused-ring (bicyclic) bond motifs is 1. The van der Waals surface area contributed by atoms with Gasteiger partial charge < -0.3 is 0 Å². The Hall–Kier alpha value is -1.76. The number of hydrogen-bond donors (Lipinski definition) is 1. The van der Waals surface area contributed by atoms with Gasteiger partial charge in [0.15, 0.2) is 5.13 Å². The van der Waals surface area contributed by atoms with E-state index in [1.54, 1.807) is 6.07 Å². The van der Waals surface area contributed by atoms with Gasteiger partial charge in [-0.25, -0.2) is 13.8 Å². The Kier molecular flexibility index (Phi) is 3.99. The third-order valence-corrected chi connectivity index (χ3v) is 4.23. The fraction of sp³-hybridized carbons (Fsp3) is 0. The van der Waals surface area contributed by atoms with Crippen LogP contribution in [0.2, 0.25) is 10.0 Å². The zero-order valence-electron chi connectivity index (χ0n) is 10.7. The van der Waals surface area contributed by atoms with Crippen LogP contribution in [0.4, 0.5) is 13.9 Å². The number of anilines is 1. The number of rotatable bonds is 2. The number of carbonyl (C=O) groups is 1. The van der Waals surface area contributed by atoms with E-state index in [-0.39, 0.29) is 10.7 Å². The van der Waals surface area contributed by atoms with E-state index in [0.717, 1.165) is 23.5 Å². The molecule has 1 N–H and O–H groups in total. The summed E-state index contributed by atoms with van der Waals surface area (Å²) in [4.78, 5) is 16.2. The summed E-state index contributed by atoms with van der Waals surface area (Å²) in [5, 5.41) is 3.50. The maximum Gasteiger partial charge on any atom is 0.260 e. The Labute approximate surface area is 137 Å². The number of benzene rings is 2. The van der Waals surface area contributed by atoms with Crippen LogP contribution in [0.25, 0.3) is 10.2 Å². The van der Waals surface area contributed by atoms with E-state index in [2.05, 4.69) is 10.3 Å². The molecule has 1 amide bonds. The maximum absolute atomic E-state index is 13.6. The van der Waals surface area contributed by atoms with Crippen LogP contribution in [0.15, 0.2) is 30.3 Å². The lowest BCUT2D eigenvalue weighted by Crippen LogP contribution is -2.13. The van der Waals surface area contributed by atoms with Crippen molar-refractivity contribution in [2.24, 2.45) is 0 Å². The number of carbonyl (C=O) groups excluding carboxylic acids is 1. The minimum Gasteiger partial charge on any atom is -0.298 e. The molecule has 0 unspecified atom stereocenters. The van der Waals surface area contributed by atoms with Crippen LogP contribution >= 0.6 is 34.5 Å². The second kappa shape index (κ2) is 5.79. The van der Waals surface area contributed by atoms with Gasteiger partial charge >= 0.3 is 0 Å². The first-order valence-electron chi connectivity index (χ1n) is 5.96. The average molecular weight is 359 g/mol. The number of nitrogens with one attached hydrogen (secondary N) is 1. The molecule has 0 aliphatic carbocycles. The van der Waals surface area contributed by atoms with Crippen LogP contribution in [0.5, 0.6) is 0 Å². The van der Waals surface area contributed by atoms with Gasteiger partial charge in [-0.3, -0.25) is 10.1 Å². The lowest BCUT2D eigenvalue weighted by atomic mass is 10.2. The first-order chi connectivity index (χ1) is 10.4. The molecule has 8 heteroatoms. The minimum absolute atomic E-state index is 0.243. The van der Waals surface area contributed by atoms with Gasteiger partial charge in [0.05, 0.1) is 15.3 Å². The summed E-state index contributed by atoms with van der Waals surface area (Å²) < 4.78 is 27.1. The highest BCUT2D eigenvalue weighted by molar-refractivity contribution is 7.22. The molecule has 3 rings (SSSR count). The van der Waals surface area contributed by atoms with Crippen LogP contribution in [-0.2, 0) is 0 Å². The van der Waals surface area contributed by atoms with Crippen molar-refractivity contribution in [2.45, 2.75) is 0 Å². The van der Waals surface area contributed by atoms with E-state index in [1.807, 2.05) is 0 Å². The number of nitrogens with zero attached hydrogens (tertiary/aromatic N) is 1. The van der Waals surface area contributed by atoms with Gasteiger partial charge in [-0.15, -0.1) is 0 Å². The molecule has 0 saturated carbocycles. The Morgan fingerprint density at radius 2 is 1.95 bits per heavy atom. The molecular formula is C14H6Cl2F2N2OS. The van der Waals surface area contributed by atoms with Crippen LogP contribution in [-0.4, -0.2) is 10.9 Å². The highest BCUT2D eigenvalue weighted by atomic mass is 35.5. The van der Waals surface area contributed by atoms with Crippen molar-refractivity contribution in [3.05, 3.63) is 57.6 Å². The molecule has 0 saturated heterocycles. The molecular weight excluding hydrogens is 353 g/mol. The summed E-state index contributed by atoms with van der Waals surface area (Å²) in [6, 6.07) is 5.92. The molecule has 0 spiro atoms. The van der Waals surface area contributed by atoms with Crippen molar-refractivity contribution in [1.82, 2.24) is 4.98 Å². The highest BCUT2D eigenvalue weighted by Crippen LogP contribution is 2.33. The summed E-state index contributed by atoms with van der Waals surface area (Å²) in [5.74, 6) is -2.42. The number of thiazole rings is 1. The van der Waals surface area contributed by atoms with E-state index in [9.17, 15) is 13.6 Å². The van der Waals surface area contributed by atoms with E-state index >= 15 is 0 Å². The molecule has 2 aromatic carbocycles. The molecule has 3 aromatic rings. The van der Waals surface area contributed by atoms with Gasteiger partial charge in [-0.05, 0) is 24.3 Å². The largest absolute Gasteiger partial charge is 0.298 e. The first-order valence-corrected chi connectivity index (χ1v) is 7.53. The molecule has 0 fully saturated rings. The van der Waals surface area contributed by atoms with Gasteiger partial charge in [0, 0.05) is 11.1 Å². The van der Waals surface area contributed by atoms with Crippen molar-refractivity contribution in [2.75, 3.05) is 5.32 Å². The van der Waals surface area contributed by atoms with Crippen LogP contribution in [0.3, 0.4) is 0 Å². The first kappa shape index (κ1) is 15.1. The predicted octanol–water partition coefficient (Wildman–Crippen LogP) is 5.13. The summed E-state index contributed by atoms with van der Waals surface area (Å²) in [5.41, 5.74) is 0.218. The van der Waals surface area contributed by atoms with Gasteiger partial charge in [-0.2, -0.15) is 0 Å². The second-order valence-corrected chi connectivity index (χ2v) is 6.21. The van der Waals surface area contributed by atoms with Crippen molar-refractivity contribution in [3.8, 4) is 0 Å². The monoisotopic (exact) mass is 358 g/mol. The van der Waals surface area contributed by atoms with E-state index in [0.29, 0.717) is 26.3 Å². The van der Waals surface area contributed by atoms with Gasteiger partial charge in [0.2, 0.25) is 0 Å². The quantitative estimate of drug-likeness (QED) is 0.689. The van der Waals surface area contributed by atoms with E-state index in [4.69, 9.17) is 23.2 Å². The second-order valence-electron chi connectivity index (χ2n) is 4.33. The summed E-state index contributed by atoms with van der Waals surface area (Å²) >= 11 is 13.1. The molecule has 112 valence electrons. The van der Waals surface area contributed by atoms with Crippen LogP contribution in [0, 0.1) is 11.6 Å². The normalized spacial score (nSPS) is 10.9. The number of hydrogen-bond acceptors (Lipinski definition) is 3. The molecule has 0 aliphatic rings. The predicted molar refractivity (Wildman–Crippen MR) is 84.0 cm³/mol. The standard InChI is InChI=1S/C14H6Cl2F2N2OS/c15-6-3-9(16)12-11(4-6)22-14(19-12)20-13(21)8-2-1-7(17)5-10(8)18/h1-5H,(H,19,20,21). The molecule has 22 heavy (non-hydrogen) atoms. The SMILES string of the molecule is O=C(Nc1nc2c(Cl)cc(Cl)cc2s1)c1ccc(F)cc1F. The van der Waals surface area contributed by atoms with E-state index < -0.39 is 17.5 Å². The van der Waals surface area contributed by atoms with Gasteiger partial charge in [0.25, 0.3) is 5.91 Å². The molecule has 0 radical (unpaired) electrons. The molecule has 0 bridgehead atoms. The lowest BCUT2D eigenvalue weighted by Gasteiger charge is -2.02. The summed E-state index contributed by atoms with van der Waals surface area (Å²) in [6.45, 7) is 0. The summed E-state index contributed by atoms with van der Waals surface area (Å²) in [6.07, 6.45) is 0. The molecule has 0 atom stereocenters. The Morgan fingerprint density at radius 1 is 1.18 bits per heavy atom. The number of aromatic nitrogens is 1. The third kappa shape index (κ3) is 2.90. The minimum atomic E-state index is -0.945. The molecule has 3 nitrogen and oxygen atoms in total. The summed E-state index contributed by atoms with van der Waals surface area (Å²) in [7, 11) is 0. The third-order valence-electron chi connectivity index (χ3n) is 2.81. The Morgan fingerprint density at radius 3 is 2.68 bits per heavy atom. The fourth-order valence-corrected chi connectivity index (χ4v) is 3.43. The van der Waals surface area contributed by atoms with E-state index in [1.165, 1.54) is 6.07 Å². The topological polar surface area (TPSA) is 42.0 Å². The van der Waals surface area contributed by atoms with Crippen molar-refractivity contribution < 1.29 is 13.6 Å². The Balaban J connectivity index is 1.92. The highest BCUT2D eigenvalue weighted by Gasteiger charge is 2.15. The van der Waals surface area contributed by atoms with Crippen LogP contribution in [0.1, 0.15) is 10.4 Å². The zero-order valence-corrected chi connectivity index (χ0v) is 13.0. The van der Waals surface area contributed by atoms with Crippen molar-refractivity contribution in [1.29, 1.82) is 0 Å². The number of halogens is 4. The lowest BCUT2D eigenvalue weighted by molar-refractivity contribution is 0.102. The molecule has 1 aromatic heterocycles. The van der Waals surface area contributed by atoms with Crippen LogP contribution < -0.4 is 5.32 Å². The molecule has 0 aliphatic heterocycles. The fourth-order valence-electron chi connectivity index (χ4n) is 1.85. The van der Waals surface area contributed by atoms with Gasteiger partial charge in [0.1, 0.15) is 17.2 Å².